The van der Waals surface area contributed by atoms with Crippen LogP contribution in [0.15, 0.2) is 59.1 Å². The second-order valence-corrected chi connectivity index (χ2v) is 7.75. The van der Waals surface area contributed by atoms with E-state index in [0.717, 1.165) is 11.1 Å². The molecule has 0 atom stereocenters. The first-order valence-electron chi connectivity index (χ1n) is 10.6. The van der Waals surface area contributed by atoms with Crippen LogP contribution < -0.4 is 18.9 Å². The second-order valence-electron chi connectivity index (χ2n) is 6.90. The highest BCUT2D eigenvalue weighted by Crippen LogP contribution is 2.43. The van der Waals surface area contributed by atoms with Gasteiger partial charge in [0.15, 0.2) is 11.5 Å². The maximum absolute atomic E-state index is 8.93. The van der Waals surface area contributed by atoms with Gasteiger partial charge in [-0.25, -0.2) is 0 Å². The molecule has 0 amide bonds. The van der Waals surface area contributed by atoms with Gasteiger partial charge in [0.05, 0.1) is 11.1 Å². The lowest BCUT2D eigenvalue weighted by Gasteiger charge is -2.19. The molecule has 4 nitrogen and oxygen atoms in total. The van der Waals surface area contributed by atoms with Crippen LogP contribution in [-0.2, 0) is 19.4 Å². The molecule has 3 aromatic carbocycles. The molecular weight excluding hydrogens is 432 g/mol. The molecule has 2 aliphatic heterocycles. The summed E-state index contributed by atoms with van der Waals surface area (Å²) in [5.74, 6) is 2.47. The number of benzene rings is 3. The molecule has 0 radical (unpaired) electrons. The smallest absolute Gasteiger partial charge is 0.161 e. The molecule has 3 aromatic rings. The highest BCUT2D eigenvalue weighted by molar-refractivity contribution is 9.10. The van der Waals surface area contributed by atoms with Crippen LogP contribution >= 0.6 is 15.9 Å². The Morgan fingerprint density at radius 3 is 2.59 bits per heavy atom. The van der Waals surface area contributed by atoms with E-state index in [4.69, 9.17) is 21.7 Å². The van der Waals surface area contributed by atoms with E-state index in [1.807, 2.05) is 30.3 Å². The van der Waals surface area contributed by atoms with Crippen LogP contribution in [0.4, 0.5) is 0 Å². The topological polar surface area (TPSA) is 36.9 Å². The normalized spacial score (nSPS) is 15.8. The van der Waals surface area contributed by atoms with Gasteiger partial charge >= 0.3 is 0 Å². The van der Waals surface area contributed by atoms with Gasteiger partial charge in [0.1, 0.15) is 31.3 Å². The van der Waals surface area contributed by atoms with Crippen LogP contribution in [0.25, 0.3) is 0 Å². The maximum atomic E-state index is 8.93. The largest absolute Gasteiger partial charge is 0.493 e. The van der Waals surface area contributed by atoms with Crippen molar-refractivity contribution >= 4 is 15.9 Å². The number of hydrogen-bond donors (Lipinski definition) is 0. The number of fused-ring (bicyclic) bond motifs is 2. The Kier molecular flexibility index (Phi) is 4.46. The van der Waals surface area contributed by atoms with Gasteiger partial charge in [-0.3, -0.25) is 0 Å². The Hall–Kier alpha value is -2.66. The third-order valence-corrected chi connectivity index (χ3v) is 5.52. The minimum Gasteiger partial charge on any atom is -0.493 e. The summed E-state index contributed by atoms with van der Waals surface area (Å²) in [6, 6.07) is 16.9. The summed E-state index contributed by atoms with van der Waals surface area (Å²) in [5, 5.41) is 0. The molecule has 0 saturated heterocycles. The van der Waals surface area contributed by atoms with Gasteiger partial charge in [-0.2, -0.15) is 0 Å². The highest BCUT2D eigenvalue weighted by Gasteiger charge is 2.24. The third-order valence-electron chi connectivity index (χ3n) is 4.93. The minimum atomic E-state index is -1.79. The molecule has 0 fully saturated rings. The van der Waals surface area contributed by atoms with Gasteiger partial charge in [0, 0.05) is 26.7 Å². The summed E-state index contributed by atoms with van der Waals surface area (Å²) < 4.78 is 41.8. The molecule has 0 aliphatic carbocycles. The first kappa shape index (κ1) is 16.2. The molecule has 0 N–H and O–H groups in total. The van der Waals surface area contributed by atoms with Crippen LogP contribution in [0.3, 0.4) is 0 Å². The average molecular weight is 455 g/mol. The lowest BCUT2D eigenvalue weighted by Crippen LogP contribution is -2.15. The molecular formula is C24H21BrO4. The molecule has 148 valence electrons. The van der Waals surface area contributed by atoms with Crippen molar-refractivity contribution in [2.24, 2.45) is 0 Å². The van der Waals surface area contributed by atoms with Gasteiger partial charge in [0.2, 0.25) is 0 Å². The van der Waals surface area contributed by atoms with Crippen LogP contribution in [0.5, 0.6) is 23.0 Å². The van der Waals surface area contributed by atoms with Gasteiger partial charge < -0.3 is 18.9 Å². The first-order valence-corrected chi connectivity index (χ1v) is 10.4. The van der Waals surface area contributed by atoms with Crippen LogP contribution in [0, 0.1) is 0 Å². The van der Waals surface area contributed by atoms with E-state index in [9.17, 15) is 0 Å². The molecule has 0 unspecified atom stereocenters. The standard InChI is InChI=1S/C24H21BrO4/c25-20-14-18(12-17-6-7-21-22(13-17)27-11-10-26-21)23-19(8-9-28-23)24(20)29-15-16-4-2-1-3-5-16/h1-7,13-14H,8-12,15H2/i12D2. The van der Waals surface area contributed by atoms with Crippen molar-refractivity contribution in [1.29, 1.82) is 0 Å². The van der Waals surface area contributed by atoms with Crippen molar-refractivity contribution in [2.45, 2.75) is 19.4 Å². The van der Waals surface area contributed by atoms with Crippen molar-refractivity contribution in [1.82, 2.24) is 0 Å². The fourth-order valence-electron chi connectivity index (χ4n) is 3.57. The molecule has 0 spiro atoms. The predicted molar refractivity (Wildman–Crippen MR) is 114 cm³/mol. The van der Waals surface area contributed by atoms with Crippen molar-refractivity contribution in [2.75, 3.05) is 19.8 Å². The lowest BCUT2D eigenvalue weighted by molar-refractivity contribution is 0.171. The Morgan fingerprint density at radius 1 is 0.897 bits per heavy atom. The van der Waals surface area contributed by atoms with Gasteiger partial charge in [0.25, 0.3) is 0 Å². The number of halogens is 1. The van der Waals surface area contributed by atoms with E-state index >= 15 is 0 Å². The Balaban J connectivity index is 1.51. The van der Waals surface area contributed by atoms with E-state index in [1.54, 1.807) is 24.3 Å². The molecule has 5 heteroatoms. The Morgan fingerprint density at radius 2 is 1.72 bits per heavy atom. The molecule has 5 rings (SSSR count). The van der Waals surface area contributed by atoms with E-state index in [0.29, 0.717) is 71.4 Å². The van der Waals surface area contributed by atoms with E-state index in [-0.39, 0.29) is 0 Å². The zero-order chi connectivity index (χ0) is 21.4. The summed E-state index contributed by atoms with van der Waals surface area (Å²) in [7, 11) is 0. The summed E-state index contributed by atoms with van der Waals surface area (Å²) in [5.41, 5.74) is 2.91. The monoisotopic (exact) mass is 454 g/mol. The molecule has 29 heavy (non-hydrogen) atoms. The number of rotatable bonds is 5. The van der Waals surface area contributed by atoms with Crippen molar-refractivity contribution < 1.29 is 21.7 Å². The number of hydrogen-bond acceptors (Lipinski definition) is 4. The van der Waals surface area contributed by atoms with E-state index in [2.05, 4.69) is 15.9 Å². The van der Waals surface area contributed by atoms with Gasteiger partial charge in [-0.1, -0.05) is 36.4 Å². The summed E-state index contributed by atoms with van der Waals surface area (Å²) in [6.45, 7) is 1.88. The molecule has 0 saturated carbocycles. The van der Waals surface area contributed by atoms with Gasteiger partial charge in [-0.15, -0.1) is 0 Å². The summed E-state index contributed by atoms with van der Waals surface area (Å²) in [4.78, 5) is 0. The predicted octanol–water partition coefficient (Wildman–Crippen LogP) is 5.33. The quantitative estimate of drug-likeness (QED) is 0.522. The van der Waals surface area contributed by atoms with Gasteiger partial charge in [-0.05, 0) is 45.3 Å². The summed E-state index contributed by atoms with van der Waals surface area (Å²) >= 11 is 3.61. The Bertz CT molecular complexity index is 1120. The zero-order valence-electron chi connectivity index (χ0n) is 17.7. The molecule has 2 aliphatic rings. The average Bonchev–Trinajstić information content (AvgIpc) is 3.28. The molecule has 0 aromatic heterocycles. The van der Waals surface area contributed by atoms with Crippen molar-refractivity contribution in [3.05, 3.63) is 81.3 Å². The Labute approximate surface area is 181 Å². The second kappa shape index (κ2) is 7.99. The van der Waals surface area contributed by atoms with E-state index < -0.39 is 6.37 Å². The van der Waals surface area contributed by atoms with Crippen LogP contribution in [0.1, 0.15) is 25.0 Å². The van der Waals surface area contributed by atoms with Crippen molar-refractivity contribution in [3.8, 4) is 23.0 Å². The van der Waals surface area contributed by atoms with Crippen LogP contribution in [0.2, 0.25) is 0 Å². The first-order chi connectivity index (χ1) is 15.0. The maximum Gasteiger partial charge on any atom is 0.161 e. The SMILES string of the molecule is [2H]C([2H])(c1ccc2c(c1)OCCO2)c1cc(Br)c(OCc2ccccc2)c2c1OCC2. The highest BCUT2D eigenvalue weighted by atomic mass is 79.9. The van der Waals surface area contributed by atoms with Crippen LogP contribution in [-0.4, -0.2) is 19.8 Å². The molecule has 2 heterocycles. The fourth-order valence-corrected chi connectivity index (χ4v) is 4.15. The lowest BCUT2D eigenvalue weighted by atomic mass is 10.00. The van der Waals surface area contributed by atoms with E-state index in [1.165, 1.54) is 0 Å². The minimum absolute atomic E-state index is 0.431. The fraction of sp³-hybridized carbons (Fsp3) is 0.250. The number of ether oxygens (including phenoxy) is 4. The summed E-state index contributed by atoms with van der Waals surface area (Å²) in [6.07, 6.45) is -1.12. The zero-order valence-corrected chi connectivity index (χ0v) is 17.3. The van der Waals surface area contributed by atoms with Crippen molar-refractivity contribution in [3.63, 3.8) is 0 Å². The molecule has 0 bridgehead atoms. The third kappa shape index (κ3) is 3.79.